The Morgan fingerprint density at radius 3 is 2.70 bits per heavy atom. The number of nitrogens with one attached hydrogen (secondary N) is 1. The number of carbonyl (C=O) groups is 2. The molecule has 1 aromatic heterocycles. The first kappa shape index (κ1) is 19.2. The summed E-state index contributed by atoms with van der Waals surface area (Å²) in [5, 5.41) is 11.3. The molecule has 1 amide bonds. The number of aromatic nitrogens is 1. The van der Waals surface area contributed by atoms with Crippen LogP contribution in [-0.2, 0) is 14.6 Å². The van der Waals surface area contributed by atoms with Gasteiger partial charge in [-0.1, -0.05) is 0 Å². The lowest BCUT2D eigenvalue weighted by molar-refractivity contribution is -0.136. The fourth-order valence-corrected chi connectivity index (χ4v) is 5.63. The van der Waals surface area contributed by atoms with E-state index in [-0.39, 0.29) is 18.5 Å². The number of carboxylic acids is 1. The van der Waals surface area contributed by atoms with Gasteiger partial charge in [-0.25, -0.2) is 12.8 Å². The Labute approximate surface area is 155 Å². The number of fused-ring (bicyclic) bond motifs is 1. The molecule has 1 saturated heterocycles. The van der Waals surface area contributed by atoms with Crippen molar-refractivity contribution < 1.29 is 27.5 Å². The third kappa shape index (κ3) is 3.16. The summed E-state index contributed by atoms with van der Waals surface area (Å²) in [6, 6.07) is 3.96. The molecule has 2 atom stereocenters. The van der Waals surface area contributed by atoms with Gasteiger partial charge in [0.05, 0.1) is 10.3 Å². The lowest BCUT2D eigenvalue weighted by atomic mass is 9.90. The first-order chi connectivity index (χ1) is 12.6. The zero-order valence-electron chi connectivity index (χ0n) is 14.8. The Kier molecular flexibility index (Phi) is 4.67. The monoisotopic (exact) mass is 394 g/mol. The van der Waals surface area contributed by atoms with E-state index in [0.717, 1.165) is 6.07 Å². The lowest BCUT2D eigenvalue weighted by Gasteiger charge is -2.25. The molecular formula is C18H19FN2O5S. The highest BCUT2D eigenvalue weighted by Crippen LogP contribution is 2.41. The summed E-state index contributed by atoms with van der Waals surface area (Å²) in [4.78, 5) is 27.8. The summed E-state index contributed by atoms with van der Waals surface area (Å²) < 4.78 is 37.4. The van der Waals surface area contributed by atoms with E-state index in [9.17, 15) is 27.5 Å². The summed E-state index contributed by atoms with van der Waals surface area (Å²) in [7, 11) is -3.89. The first-order valence-electron chi connectivity index (χ1n) is 8.33. The minimum atomic E-state index is -3.89. The van der Waals surface area contributed by atoms with Gasteiger partial charge in [-0.3, -0.25) is 14.6 Å². The summed E-state index contributed by atoms with van der Waals surface area (Å²) in [5.74, 6) is -3.11. The third-order valence-corrected chi connectivity index (χ3v) is 8.28. The minimum Gasteiger partial charge on any atom is -0.480 e. The second-order valence-electron chi connectivity index (χ2n) is 7.17. The van der Waals surface area contributed by atoms with Crippen LogP contribution in [0.2, 0.25) is 0 Å². The van der Waals surface area contributed by atoms with Crippen LogP contribution in [-0.4, -0.2) is 46.9 Å². The van der Waals surface area contributed by atoms with Gasteiger partial charge in [-0.05, 0) is 49.8 Å². The van der Waals surface area contributed by atoms with Crippen molar-refractivity contribution in [3.63, 3.8) is 0 Å². The topological polar surface area (TPSA) is 113 Å². The second kappa shape index (κ2) is 6.56. The molecule has 0 bridgehead atoms. The molecule has 7 nitrogen and oxygen atoms in total. The second-order valence-corrected chi connectivity index (χ2v) is 9.88. The summed E-state index contributed by atoms with van der Waals surface area (Å²) >= 11 is 0. The Bertz CT molecular complexity index is 1040. The van der Waals surface area contributed by atoms with Crippen molar-refractivity contribution in [2.75, 3.05) is 6.54 Å². The predicted octanol–water partition coefficient (Wildman–Crippen LogP) is 1.77. The maximum Gasteiger partial charge on any atom is 0.321 e. The molecule has 0 radical (unpaired) electrons. The maximum absolute atomic E-state index is 13.8. The van der Waals surface area contributed by atoms with Gasteiger partial charge in [0.25, 0.3) is 5.91 Å². The fourth-order valence-electron chi connectivity index (χ4n) is 3.50. The van der Waals surface area contributed by atoms with Gasteiger partial charge >= 0.3 is 5.97 Å². The molecule has 0 saturated carbocycles. The van der Waals surface area contributed by atoms with E-state index in [1.165, 1.54) is 32.3 Å². The smallest absolute Gasteiger partial charge is 0.321 e. The number of rotatable bonds is 4. The molecule has 3 rings (SSSR count). The van der Waals surface area contributed by atoms with E-state index in [1.54, 1.807) is 6.07 Å². The number of hydrogen-bond acceptors (Lipinski definition) is 5. The molecule has 9 heteroatoms. The van der Waals surface area contributed by atoms with Gasteiger partial charge in [0.2, 0.25) is 0 Å². The molecule has 1 aromatic carbocycles. The van der Waals surface area contributed by atoms with E-state index in [0.29, 0.717) is 10.8 Å². The van der Waals surface area contributed by atoms with Crippen LogP contribution in [0.15, 0.2) is 30.6 Å². The highest BCUT2D eigenvalue weighted by molar-refractivity contribution is 7.94. The number of sulfone groups is 1. The number of carboxylic acid groups (broad SMARTS) is 1. The van der Waals surface area contributed by atoms with Crippen LogP contribution in [0, 0.1) is 11.7 Å². The highest BCUT2D eigenvalue weighted by Gasteiger charge is 2.56. The molecule has 0 spiro atoms. The molecule has 2 heterocycles. The van der Waals surface area contributed by atoms with E-state index >= 15 is 0 Å². The standard InChI is InChI=1S/C18H19FN2O5S/c1-18(2)11(6-15(17(23)24)27(18,25)26)9-21-16(22)14-7-12(19)5-10-8-20-4-3-13(10)14/h3-5,7-8,11,15H,6,9H2,1-2H3,(H,21,22)(H,23,24). The van der Waals surface area contributed by atoms with Gasteiger partial charge in [0.1, 0.15) is 5.82 Å². The van der Waals surface area contributed by atoms with Gasteiger partial charge in [-0.15, -0.1) is 0 Å². The van der Waals surface area contributed by atoms with Gasteiger partial charge in [0, 0.05) is 24.3 Å². The molecule has 27 heavy (non-hydrogen) atoms. The van der Waals surface area contributed by atoms with Gasteiger partial charge in [0.15, 0.2) is 15.1 Å². The molecule has 2 unspecified atom stereocenters. The zero-order chi connectivity index (χ0) is 20.0. The van der Waals surface area contributed by atoms with E-state index < -0.39 is 43.4 Å². The number of amides is 1. The van der Waals surface area contributed by atoms with Crippen molar-refractivity contribution in [3.8, 4) is 0 Å². The van der Waals surface area contributed by atoms with E-state index in [2.05, 4.69) is 10.3 Å². The minimum absolute atomic E-state index is 0.0298. The first-order valence-corrected chi connectivity index (χ1v) is 9.88. The van der Waals surface area contributed by atoms with Crippen LogP contribution in [0.1, 0.15) is 30.6 Å². The van der Waals surface area contributed by atoms with Crippen LogP contribution in [0.5, 0.6) is 0 Å². The molecule has 2 N–H and O–H groups in total. The Balaban J connectivity index is 1.84. The molecule has 2 aromatic rings. The van der Waals surface area contributed by atoms with Gasteiger partial charge in [-0.2, -0.15) is 0 Å². The van der Waals surface area contributed by atoms with E-state index in [4.69, 9.17) is 0 Å². The average Bonchev–Trinajstić information content (AvgIpc) is 2.77. The summed E-state index contributed by atoms with van der Waals surface area (Å²) in [6.07, 6.45) is 2.85. The summed E-state index contributed by atoms with van der Waals surface area (Å²) in [6.45, 7) is 2.90. The highest BCUT2D eigenvalue weighted by atomic mass is 32.2. The number of aliphatic carboxylic acids is 1. The predicted molar refractivity (Wildman–Crippen MR) is 96.6 cm³/mol. The Morgan fingerprint density at radius 2 is 2.07 bits per heavy atom. The van der Waals surface area contributed by atoms with Crippen molar-refractivity contribution >= 4 is 32.5 Å². The maximum atomic E-state index is 13.8. The van der Waals surface area contributed by atoms with Crippen LogP contribution in [0.3, 0.4) is 0 Å². The van der Waals surface area contributed by atoms with Gasteiger partial charge < -0.3 is 10.4 Å². The van der Waals surface area contributed by atoms with Crippen molar-refractivity contribution in [3.05, 3.63) is 42.0 Å². The van der Waals surface area contributed by atoms with Crippen LogP contribution < -0.4 is 5.32 Å². The molecule has 144 valence electrons. The fraction of sp³-hybridized carbons (Fsp3) is 0.389. The number of carbonyl (C=O) groups excluding carboxylic acids is 1. The number of pyridine rings is 1. The Morgan fingerprint density at radius 1 is 1.37 bits per heavy atom. The number of hydrogen-bond donors (Lipinski definition) is 2. The largest absolute Gasteiger partial charge is 0.480 e. The van der Waals surface area contributed by atoms with Crippen molar-refractivity contribution in [2.45, 2.75) is 30.3 Å². The number of benzene rings is 1. The zero-order valence-corrected chi connectivity index (χ0v) is 15.6. The SMILES string of the molecule is CC1(C)C(CNC(=O)c2cc(F)cc3cnccc23)CC(C(=O)O)S1(=O)=O. The van der Waals surface area contributed by atoms with Crippen LogP contribution in [0.25, 0.3) is 10.8 Å². The van der Waals surface area contributed by atoms with E-state index in [1.807, 2.05) is 0 Å². The lowest BCUT2D eigenvalue weighted by Crippen LogP contribution is -2.41. The molecule has 0 aliphatic carbocycles. The summed E-state index contributed by atoms with van der Waals surface area (Å²) in [5.41, 5.74) is 0.112. The molecule has 1 fully saturated rings. The molecule has 1 aliphatic heterocycles. The van der Waals surface area contributed by atoms with Crippen LogP contribution >= 0.6 is 0 Å². The quantitative estimate of drug-likeness (QED) is 0.817. The van der Waals surface area contributed by atoms with Crippen molar-refractivity contribution in [1.82, 2.24) is 10.3 Å². The van der Waals surface area contributed by atoms with Crippen LogP contribution in [0.4, 0.5) is 4.39 Å². The van der Waals surface area contributed by atoms with Crippen molar-refractivity contribution in [2.24, 2.45) is 5.92 Å². The number of halogens is 1. The third-order valence-electron chi connectivity index (χ3n) is 5.34. The normalized spacial score (nSPS) is 23.2. The van der Waals surface area contributed by atoms with Crippen molar-refractivity contribution in [1.29, 1.82) is 0 Å². The average molecular weight is 394 g/mol. The number of nitrogens with zero attached hydrogens (tertiary/aromatic N) is 1. The molecule has 1 aliphatic rings. The Hall–Kier alpha value is -2.55. The molecular weight excluding hydrogens is 375 g/mol.